The van der Waals surface area contributed by atoms with E-state index in [1.807, 2.05) is 0 Å². The Kier molecular flexibility index (Phi) is 15.0. The van der Waals surface area contributed by atoms with Crippen LogP contribution in [-0.4, -0.2) is 119 Å². The highest BCUT2D eigenvalue weighted by atomic mass is 16.5. The summed E-state index contributed by atoms with van der Waals surface area (Å²) in [5.74, 6) is -2.55. The second-order valence-electron chi connectivity index (χ2n) is 11.6. The molecule has 1 aliphatic rings. The number of hydrogen-bond acceptors (Lipinski definition) is 13. The Hall–Kier alpha value is -3.48. The van der Waals surface area contributed by atoms with Crippen molar-refractivity contribution in [3.05, 3.63) is 12.7 Å². The van der Waals surface area contributed by atoms with Crippen LogP contribution >= 0.6 is 0 Å². The van der Waals surface area contributed by atoms with Crippen LogP contribution in [0.15, 0.2) is 12.7 Å². The lowest BCUT2D eigenvalue weighted by molar-refractivity contribution is -0.204. The maximum absolute atomic E-state index is 13.4. The van der Waals surface area contributed by atoms with Crippen molar-refractivity contribution in [1.29, 1.82) is 0 Å². The van der Waals surface area contributed by atoms with Gasteiger partial charge < -0.3 is 51.2 Å². The molecule has 2 aromatic rings. The van der Waals surface area contributed by atoms with Crippen LogP contribution in [0.5, 0.6) is 0 Å². The molecule has 10 N–H and O–H groups in total. The molecule has 0 saturated carbocycles. The van der Waals surface area contributed by atoms with Crippen molar-refractivity contribution >= 4 is 34.8 Å². The van der Waals surface area contributed by atoms with Crippen LogP contribution in [0.2, 0.25) is 0 Å². The first-order valence-corrected chi connectivity index (χ1v) is 15.9. The van der Waals surface area contributed by atoms with Crippen LogP contribution in [0.3, 0.4) is 0 Å². The first kappa shape index (κ1) is 37.0. The zero-order chi connectivity index (χ0) is 33.6. The third-order valence-electron chi connectivity index (χ3n) is 7.92. The molecule has 1 fully saturated rings. The van der Waals surface area contributed by atoms with Gasteiger partial charge in [-0.1, -0.05) is 58.3 Å². The number of nitrogens with zero attached hydrogens (tertiary/aromatic N) is 3. The number of carbonyl (C=O) groups is 3. The van der Waals surface area contributed by atoms with Gasteiger partial charge in [0.25, 0.3) is 5.91 Å². The van der Waals surface area contributed by atoms with Crippen LogP contribution < -0.4 is 21.3 Å². The Balaban J connectivity index is 1.64. The van der Waals surface area contributed by atoms with E-state index in [0.29, 0.717) is 17.6 Å². The molecule has 1 saturated heterocycles. The number of aromatic nitrogens is 4. The Morgan fingerprint density at radius 2 is 1.67 bits per heavy atom. The van der Waals surface area contributed by atoms with Crippen LogP contribution in [0.4, 0.5) is 5.82 Å². The third-order valence-corrected chi connectivity index (χ3v) is 7.92. The van der Waals surface area contributed by atoms with Crippen molar-refractivity contribution in [2.45, 2.75) is 127 Å². The number of carbonyl (C=O) groups excluding carboxylic acids is 2. The lowest BCUT2D eigenvalue weighted by Crippen LogP contribution is -2.70. The lowest BCUT2D eigenvalue weighted by Gasteiger charge is -2.45. The fourth-order valence-electron chi connectivity index (χ4n) is 5.23. The zero-order valence-electron chi connectivity index (χ0n) is 26.3. The van der Waals surface area contributed by atoms with Crippen molar-refractivity contribution in [2.24, 2.45) is 0 Å². The molecule has 2 amide bonds. The van der Waals surface area contributed by atoms with E-state index in [9.17, 15) is 39.9 Å². The molecule has 258 valence electrons. The van der Waals surface area contributed by atoms with E-state index >= 15 is 0 Å². The van der Waals surface area contributed by atoms with Gasteiger partial charge in [0.1, 0.15) is 42.3 Å². The third kappa shape index (κ3) is 10.5. The van der Waals surface area contributed by atoms with Crippen LogP contribution in [0.1, 0.15) is 78.1 Å². The normalized spacial score (nSPS) is 23.4. The minimum Gasteiger partial charge on any atom is -0.480 e. The summed E-state index contributed by atoms with van der Waals surface area (Å²) < 4.78 is 5.82. The van der Waals surface area contributed by atoms with Crippen LogP contribution in [0, 0.1) is 0 Å². The van der Waals surface area contributed by atoms with Crippen molar-refractivity contribution in [2.75, 3.05) is 11.9 Å². The largest absolute Gasteiger partial charge is 0.480 e. The number of carboxylic acid groups (broad SMARTS) is 1. The molecule has 17 heteroatoms. The molecule has 1 aliphatic heterocycles. The number of aliphatic hydroxyl groups is 4. The number of aliphatic carboxylic acids is 1. The molecule has 0 spiro atoms. The minimum atomic E-state index is -1.75. The van der Waals surface area contributed by atoms with E-state index in [4.69, 9.17) is 4.74 Å². The Bertz CT molecular complexity index is 1250. The molecule has 1 unspecified atom stereocenters. The van der Waals surface area contributed by atoms with Crippen LogP contribution in [0.25, 0.3) is 11.2 Å². The molecule has 0 bridgehead atoms. The SMILES string of the molecule is CCCCCCCCCCCC(=O)NC(N[C@@H](C)C(=O)O)C(=O)N[C@@H]1[C@@H](O)[C@@H](O)[C@@H](Nc2ncnc3nc[nH]c23)O[C@H]1[C@@H](O)CO. The van der Waals surface area contributed by atoms with E-state index in [-0.39, 0.29) is 12.2 Å². The molecule has 0 aromatic carbocycles. The standard InChI is InChI=1S/C29H48N8O9/c1-3-4-5-6-7-8-9-10-11-12-18(40)35-26(34-16(2)29(44)45)27(43)36-19-21(41)22(42)28(46-23(19)17(39)13-38)37-25-20-24(31-14-30-20)32-15-33-25/h14-17,19,21-23,26,28,34,38-39,41-42H,3-13H2,1-2H3,(H,35,40)(H,36,43)(H,44,45)(H2,30,31,32,33,37)/t16-,17-,19+,21+,22+,23-,26?,28-/m0/s1. The molecule has 3 heterocycles. The molecular formula is C29H48N8O9. The number of ether oxygens (including phenoxy) is 1. The van der Waals surface area contributed by atoms with Gasteiger partial charge in [0, 0.05) is 6.42 Å². The number of unbranched alkanes of at least 4 members (excludes halogenated alkanes) is 8. The van der Waals surface area contributed by atoms with E-state index in [0.717, 1.165) is 25.7 Å². The van der Waals surface area contributed by atoms with E-state index in [1.54, 1.807) is 0 Å². The number of rotatable bonds is 20. The summed E-state index contributed by atoms with van der Waals surface area (Å²) in [6.07, 6.45) is 2.74. The highest BCUT2D eigenvalue weighted by molar-refractivity contribution is 5.88. The second-order valence-corrected chi connectivity index (χ2v) is 11.6. The second kappa shape index (κ2) is 18.6. The van der Waals surface area contributed by atoms with E-state index < -0.39 is 73.3 Å². The highest BCUT2D eigenvalue weighted by Gasteiger charge is 2.48. The summed E-state index contributed by atoms with van der Waals surface area (Å²) in [6.45, 7) is 2.64. The summed E-state index contributed by atoms with van der Waals surface area (Å²) in [5.41, 5.74) is 0.691. The molecule has 46 heavy (non-hydrogen) atoms. The van der Waals surface area contributed by atoms with Gasteiger partial charge in [-0.2, -0.15) is 0 Å². The Morgan fingerprint density at radius 1 is 1.00 bits per heavy atom. The zero-order valence-corrected chi connectivity index (χ0v) is 26.3. The van der Waals surface area contributed by atoms with Gasteiger partial charge in [-0.25, -0.2) is 15.0 Å². The number of carboxylic acids is 1. The van der Waals surface area contributed by atoms with Crippen molar-refractivity contribution in [3.8, 4) is 0 Å². The smallest absolute Gasteiger partial charge is 0.320 e. The van der Waals surface area contributed by atoms with Gasteiger partial charge in [-0.3, -0.25) is 19.7 Å². The predicted molar refractivity (Wildman–Crippen MR) is 165 cm³/mol. The molecule has 0 radical (unpaired) electrons. The van der Waals surface area contributed by atoms with Crippen molar-refractivity contribution in [1.82, 2.24) is 35.9 Å². The Labute approximate surface area is 267 Å². The Morgan fingerprint density at radius 3 is 2.33 bits per heavy atom. The average Bonchev–Trinajstić information content (AvgIpc) is 3.53. The number of aliphatic hydroxyl groups excluding tert-OH is 4. The van der Waals surface area contributed by atoms with Gasteiger partial charge in [0.05, 0.1) is 19.0 Å². The number of H-pyrrole nitrogens is 1. The summed E-state index contributed by atoms with van der Waals surface area (Å²) in [5, 5.41) is 61.9. The molecule has 3 rings (SSSR count). The van der Waals surface area contributed by atoms with Gasteiger partial charge >= 0.3 is 5.97 Å². The average molecular weight is 653 g/mol. The number of hydrogen-bond donors (Lipinski definition) is 10. The topological polar surface area (TPSA) is 264 Å². The fourth-order valence-corrected chi connectivity index (χ4v) is 5.23. The summed E-state index contributed by atoms with van der Waals surface area (Å²) in [4.78, 5) is 52.6. The van der Waals surface area contributed by atoms with E-state index in [2.05, 4.69) is 48.1 Å². The number of aromatic amines is 1. The maximum atomic E-state index is 13.4. The van der Waals surface area contributed by atoms with E-state index in [1.165, 1.54) is 45.3 Å². The molecular weight excluding hydrogens is 604 g/mol. The van der Waals surface area contributed by atoms with Gasteiger partial charge in [-0.15, -0.1) is 0 Å². The van der Waals surface area contributed by atoms with Gasteiger partial charge in [0.2, 0.25) is 5.91 Å². The van der Waals surface area contributed by atoms with Gasteiger partial charge in [-0.05, 0) is 13.3 Å². The number of nitrogens with one attached hydrogen (secondary N) is 5. The molecule has 8 atom stereocenters. The number of anilines is 1. The number of fused-ring (bicyclic) bond motifs is 1. The fraction of sp³-hybridized carbons (Fsp3) is 0.724. The van der Waals surface area contributed by atoms with Gasteiger partial charge in [0.15, 0.2) is 23.9 Å². The summed E-state index contributed by atoms with van der Waals surface area (Å²) in [6, 6.07) is -2.74. The summed E-state index contributed by atoms with van der Waals surface area (Å²) >= 11 is 0. The maximum Gasteiger partial charge on any atom is 0.320 e. The van der Waals surface area contributed by atoms with Crippen LogP contribution in [-0.2, 0) is 19.1 Å². The first-order valence-electron chi connectivity index (χ1n) is 15.9. The highest BCUT2D eigenvalue weighted by Crippen LogP contribution is 2.26. The molecule has 0 aliphatic carbocycles. The minimum absolute atomic E-state index is 0.114. The number of amides is 2. The molecule has 17 nitrogen and oxygen atoms in total. The quantitative estimate of drug-likeness (QED) is 0.0637. The lowest BCUT2D eigenvalue weighted by atomic mass is 9.92. The van der Waals surface area contributed by atoms with Crippen molar-refractivity contribution in [3.63, 3.8) is 0 Å². The molecule has 2 aromatic heterocycles. The number of imidazole rings is 1. The summed E-state index contributed by atoms with van der Waals surface area (Å²) in [7, 11) is 0. The monoisotopic (exact) mass is 652 g/mol. The predicted octanol–water partition coefficient (Wildman–Crippen LogP) is -0.525. The first-order chi connectivity index (χ1) is 22.1. The van der Waals surface area contributed by atoms with Crippen molar-refractivity contribution < 1.29 is 44.7 Å².